The summed E-state index contributed by atoms with van der Waals surface area (Å²) >= 11 is 5.92. The SMILES string of the molecule is CC(C)(O)CCOc1ccc(C#N)cc1Cl. The first-order valence-electron chi connectivity index (χ1n) is 4.97. The summed E-state index contributed by atoms with van der Waals surface area (Å²) < 4.78 is 5.41. The van der Waals surface area contributed by atoms with E-state index in [0.717, 1.165) is 0 Å². The van der Waals surface area contributed by atoms with Gasteiger partial charge in [0.05, 0.1) is 28.9 Å². The molecule has 1 aromatic carbocycles. The van der Waals surface area contributed by atoms with E-state index in [1.165, 1.54) is 0 Å². The fourth-order valence-corrected chi connectivity index (χ4v) is 1.33. The molecule has 1 N–H and O–H groups in total. The number of nitrogens with zero attached hydrogens (tertiary/aromatic N) is 1. The lowest BCUT2D eigenvalue weighted by Crippen LogP contribution is -2.21. The molecule has 86 valence electrons. The molecule has 0 aliphatic rings. The minimum absolute atomic E-state index is 0.384. The van der Waals surface area contributed by atoms with Gasteiger partial charge in [0, 0.05) is 6.42 Å². The molecule has 0 atom stereocenters. The topological polar surface area (TPSA) is 53.2 Å². The van der Waals surface area contributed by atoms with Crippen molar-refractivity contribution in [2.24, 2.45) is 0 Å². The van der Waals surface area contributed by atoms with Crippen LogP contribution in [0.15, 0.2) is 18.2 Å². The third kappa shape index (κ3) is 4.09. The quantitative estimate of drug-likeness (QED) is 0.879. The summed E-state index contributed by atoms with van der Waals surface area (Å²) in [6.07, 6.45) is 0.517. The number of hydrogen-bond donors (Lipinski definition) is 1. The van der Waals surface area contributed by atoms with Crippen molar-refractivity contribution in [2.45, 2.75) is 25.9 Å². The van der Waals surface area contributed by atoms with E-state index in [1.54, 1.807) is 32.0 Å². The molecule has 0 amide bonds. The van der Waals surface area contributed by atoms with Gasteiger partial charge in [0.1, 0.15) is 5.75 Å². The molecule has 0 spiro atoms. The van der Waals surface area contributed by atoms with Crippen molar-refractivity contribution in [3.05, 3.63) is 28.8 Å². The molecule has 0 heterocycles. The fourth-order valence-electron chi connectivity index (χ4n) is 1.10. The standard InChI is InChI=1S/C12H14ClNO2/c1-12(2,15)5-6-16-11-4-3-9(8-14)7-10(11)13/h3-4,7,15H,5-6H2,1-2H3. The van der Waals surface area contributed by atoms with Gasteiger partial charge in [0.15, 0.2) is 0 Å². The Balaban J connectivity index is 2.59. The van der Waals surface area contributed by atoms with Crippen molar-refractivity contribution in [2.75, 3.05) is 6.61 Å². The Hall–Kier alpha value is -1.24. The number of aliphatic hydroxyl groups is 1. The Morgan fingerprint density at radius 1 is 1.50 bits per heavy atom. The van der Waals surface area contributed by atoms with Crippen LogP contribution in [0.2, 0.25) is 5.02 Å². The number of benzene rings is 1. The highest BCUT2D eigenvalue weighted by atomic mass is 35.5. The van der Waals surface area contributed by atoms with Gasteiger partial charge in [-0.25, -0.2) is 0 Å². The molecule has 0 radical (unpaired) electrons. The van der Waals surface area contributed by atoms with Crippen LogP contribution in [0.1, 0.15) is 25.8 Å². The molecule has 0 fully saturated rings. The fraction of sp³-hybridized carbons (Fsp3) is 0.417. The highest BCUT2D eigenvalue weighted by Gasteiger charge is 2.12. The Morgan fingerprint density at radius 2 is 2.19 bits per heavy atom. The zero-order valence-electron chi connectivity index (χ0n) is 9.33. The van der Waals surface area contributed by atoms with E-state index in [1.807, 2.05) is 6.07 Å². The van der Waals surface area contributed by atoms with Gasteiger partial charge in [-0.15, -0.1) is 0 Å². The number of ether oxygens (including phenoxy) is 1. The average molecular weight is 240 g/mol. The molecule has 16 heavy (non-hydrogen) atoms. The van der Waals surface area contributed by atoms with Gasteiger partial charge >= 0.3 is 0 Å². The zero-order chi connectivity index (χ0) is 12.2. The first-order valence-corrected chi connectivity index (χ1v) is 5.35. The summed E-state index contributed by atoms with van der Waals surface area (Å²) in [6, 6.07) is 6.85. The highest BCUT2D eigenvalue weighted by Crippen LogP contribution is 2.25. The van der Waals surface area contributed by atoms with Crippen molar-refractivity contribution < 1.29 is 9.84 Å². The van der Waals surface area contributed by atoms with Crippen molar-refractivity contribution in [1.29, 1.82) is 5.26 Å². The molecule has 0 aliphatic carbocycles. The lowest BCUT2D eigenvalue weighted by Gasteiger charge is -2.17. The average Bonchev–Trinajstić information content (AvgIpc) is 2.18. The highest BCUT2D eigenvalue weighted by molar-refractivity contribution is 6.32. The van der Waals surface area contributed by atoms with Gasteiger partial charge in [-0.1, -0.05) is 11.6 Å². The number of hydrogen-bond acceptors (Lipinski definition) is 3. The summed E-state index contributed by atoms with van der Waals surface area (Å²) in [7, 11) is 0. The second kappa shape index (κ2) is 5.20. The molecule has 0 saturated carbocycles. The molecular weight excluding hydrogens is 226 g/mol. The van der Waals surface area contributed by atoms with Crippen molar-refractivity contribution in [3.8, 4) is 11.8 Å². The monoisotopic (exact) mass is 239 g/mol. The Kier molecular flexibility index (Phi) is 4.17. The maximum absolute atomic E-state index is 9.49. The molecule has 1 aromatic rings. The molecule has 0 aromatic heterocycles. The normalized spacial score (nSPS) is 10.9. The first-order chi connectivity index (χ1) is 7.42. The molecular formula is C12H14ClNO2. The Labute approximate surface area is 100 Å². The largest absolute Gasteiger partial charge is 0.492 e. The van der Waals surface area contributed by atoms with E-state index in [2.05, 4.69) is 0 Å². The van der Waals surface area contributed by atoms with Gasteiger partial charge in [0.2, 0.25) is 0 Å². The van der Waals surface area contributed by atoms with E-state index in [9.17, 15) is 5.11 Å². The van der Waals surface area contributed by atoms with Crippen molar-refractivity contribution >= 4 is 11.6 Å². The van der Waals surface area contributed by atoms with E-state index in [0.29, 0.717) is 29.4 Å². The van der Waals surface area contributed by atoms with Crippen LogP contribution in [0.5, 0.6) is 5.75 Å². The Bertz CT molecular complexity index is 404. The third-order valence-electron chi connectivity index (χ3n) is 2.03. The number of halogens is 1. The van der Waals surface area contributed by atoms with Gasteiger partial charge in [-0.3, -0.25) is 0 Å². The lowest BCUT2D eigenvalue weighted by atomic mass is 10.1. The smallest absolute Gasteiger partial charge is 0.137 e. The predicted octanol–water partition coefficient (Wildman–Crippen LogP) is 2.75. The van der Waals surface area contributed by atoms with E-state index >= 15 is 0 Å². The Morgan fingerprint density at radius 3 is 2.69 bits per heavy atom. The summed E-state index contributed by atoms with van der Waals surface area (Å²) in [5.74, 6) is 0.532. The molecule has 0 bridgehead atoms. The molecule has 0 saturated heterocycles. The third-order valence-corrected chi connectivity index (χ3v) is 2.33. The van der Waals surface area contributed by atoms with Gasteiger partial charge in [-0.05, 0) is 32.0 Å². The van der Waals surface area contributed by atoms with Crippen LogP contribution in [0.3, 0.4) is 0 Å². The van der Waals surface area contributed by atoms with E-state index < -0.39 is 5.60 Å². The maximum atomic E-state index is 9.49. The predicted molar refractivity (Wildman–Crippen MR) is 62.6 cm³/mol. The van der Waals surface area contributed by atoms with Crippen LogP contribution in [0.25, 0.3) is 0 Å². The van der Waals surface area contributed by atoms with Gasteiger partial charge in [0.25, 0.3) is 0 Å². The summed E-state index contributed by atoms with van der Waals surface area (Å²) in [5.41, 5.74) is -0.251. The summed E-state index contributed by atoms with van der Waals surface area (Å²) in [6.45, 7) is 3.82. The van der Waals surface area contributed by atoms with Crippen LogP contribution in [0.4, 0.5) is 0 Å². The maximum Gasteiger partial charge on any atom is 0.137 e. The van der Waals surface area contributed by atoms with E-state index in [-0.39, 0.29) is 0 Å². The molecule has 3 nitrogen and oxygen atoms in total. The second-order valence-electron chi connectivity index (χ2n) is 4.17. The van der Waals surface area contributed by atoms with Gasteiger partial charge < -0.3 is 9.84 Å². The molecule has 0 unspecified atom stereocenters. The molecule has 0 aliphatic heterocycles. The number of rotatable bonds is 4. The first kappa shape index (κ1) is 12.8. The van der Waals surface area contributed by atoms with Crippen LogP contribution in [-0.2, 0) is 0 Å². The van der Waals surface area contributed by atoms with E-state index in [4.69, 9.17) is 21.6 Å². The number of nitriles is 1. The summed E-state index contributed by atoms with van der Waals surface area (Å²) in [4.78, 5) is 0. The minimum Gasteiger partial charge on any atom is -0.492 e. The van der Waals surface area contributed by atoms with Crippen LogP contribution in [0, 0.1) is 11.3 Å². The van der Waals surface area contributed by atoms with Crippen LogP contribution < -0.4 is 4.74 Å². The lowest BCUT2D eigenvalue weighted by molar-refractivity contribution is 0.0553. The minimum atomic E-state index is -0.751. The van der Waals surface area contributed by atoms with Crippen LogP contribution in [-0.4, -0.2) is 17.3 Å². The second-order valence-corrected chi connectivity index (χ2v) is 4.58. The van der Waals surface area contributed by atoms with Crippen molar-refractivity contribution in [3.63, 3.8) is 0 Å². The molecule has 1 rings (SSSR count). The van der Waals surface area contributed by atoms with Gasteiger partial charge in [-0.2, -0.15) is 5.26 Å². The zero-order valence-corrected chi connectivity index (χ0v) is 10.1. The molecule has 4 heteroatoms. The van der Waals surface area contributed by atoms with Crippen LogP contribution >= 0.6 is 11.6 Å². The van der Waals surface area contributed by atoms with Crippen molar-refractivity contribution in [1.82, 2.24) is 0 Å². The summed E-state index contributed by atoms with van der Waals surface area (Å²) in [5, 5.41) is 18.6.